The van der Waals surface area contributed by atoms with Gasteiger partial charge >= 0.3 is 0 Å². The van der Waals surface area contributed by atoms with E-state index >= 15 is 0 Å². The standard InChI is InChI=1S/C14H20N2O3S/c1-19-12-4-6-13(7-5-12)20(17,18)16-9-11-3-2-8-15-14(11)10-16/h4-7,11,14-15H,2-3,8-10H2,1H3. The molecule has 0 radical (unpaired) electrons. The second-order valence-corrected chi connectivity index (χ2v) is 7.40. The largest absolute Gasteiger partial charge is 0.497 e. The van der Waals surface area contributed by atoms with Crippen LogP contribution in [0.1, 0.15) is 12.8 Å². The molecule has 0 saturated carbocycles. The molecule has 20 heavy (non-hydrogen) atoms. The van der Waals surface area contributed by atoms with E-state index in [4.69, 9.17) is 4.74 Å². The van der Waals surface area contributed by atoms with Gasteiger partial charge in [-0.2, -0.15) is 4.31 Å². The number of benzene rings is 1. The van der Waals surface area contributed by atoms with Crippen molar-refractivity contribution in [3.63, 3.8) is 0 Å². The van der Waals surface area contributed by atoms with Gasteiger partial charge in [0.05, 0.1) is 12.0 Å². The molecule has 6 heteroatoms. The lowest BCUT2D eigenvalue weighted by Crippen LogP contribution is -2.41. The van der Waals surface area contributed by atoms with Crippen molar-refractivity contribution >= 4 is 10.0 Å². The van der Waals surface area contributed by atoms with E-state index in [0.717, 1.165) is 19.4 Å². The molecule has 2 atom stereocenters. The van der Waals surface area contributed by atoms with Gasteiger partial charge in [-0.05, 0) is 49.6 Å². The highest BCUT2D eigenvalue weighted by Gasteiger charge is 2.40. The van der Waals surface area contributed by atoms with Crippen molar-refractivity contribution in [1.82, 2.24) is 9.62 Å². The number of rotatable bonds is 3. The van der Waals surface area contributed by atoms with Crippen LogP contribution in [0.25, 0.3) is 0 Å². The molecule has 1 N–H and O–H groups in total. The quantitative estimate of drug-likeness (QED) is 0.906. The van der Waals surface area contributed by atoms with Crippen molar-refractivity contribution in [3.8, 4) is 5.75 Å². The monoisotopic (exact) mass is 296 g/mol. The molecule has 2 aliphatic heterocycles. The first-order chi connectivity index (χ1) is 9.61. The van der Waals surface area contributed by atoms with Gasteiger partial charge in [0.1, 0.15) is 5.75 Å². The molecule has 0 spiro atoms. The van der Waals surface area contributed by atoms with Crippen molar-refractivity contribution in [2.45, 2.75) is 23.8 Å². The van der Waals surface area contributed by atoms with Gasteiger partial charge in [-0.3, -0.25) is 0 Å². The smallest absolute Gasteiger partial charge is 0.243 e. The average molecular weight is 296 g/mol. The molecule has 2 saturated heterocycles. The third kappa shape index (κ3) is 2.43. The van der Waals surface area contributed by atoms with Crippen LogP contribution in [0.2, 0.25) is 0 Å². The summed E-state index contributed by atoms with van der Waals surface area (Å²) in [4.78, 5) is 0.344. The van der Waals surface area contributed by atoms with Crippen LogP contribution in [-0.4, -0.2) is 45.5 Å². The topological polar surface area (TPSA) is 58.6 Å². The number of methoxy groups -OCH3 is 1. The third-order valence-corrected chi connectivity index (χ3v) is 6.11. The van der Waals surface area contributed by atoms with Gasteiger partial charge in [-0.25, -0.2) is 8.42 Å². The average Bonchev–Trinajstić information content (AvgIpc) is 2.92. The highest BCUT2D eigenvalue weighted by molar-refractivity contribution is 7.89. The Hall–Kier alpha value is -1.11. The summed E-state index contributed by atoms with van der Waals surface area (Å²) in [7, 11) is -1.81. The highest BCUT2D eigenvalue weighted by atomic mass is 32.2. The molecule has 0 amide bonds. The van der Waals surface area contributed by atoms with Gasteiger partial charge in [-0.15, -0.1) is 0 Å². The Balaban J connectivity index is 1.81. The predicted octanol–water partition coefficient (Wildman–Crippen LogP) is 1.07. The molecule has 2 aliphatic rings. The second kappa shape index (κ2) is 5.35. The van der Waals surface area contributed by atoms with Crippen LogP contribution < -0.4 is 10.1 Å². The highest BCUT2D eigenvalue weighted by Crippen LogP contribution is 2.29. The van der Waals surface area contributed by atoms with Gasteiger partial charge in [0.15, 0.2) is 0 Å². The second-order valence-electron chi connectivity index (χ2n) is 5.46. The number of sulfonamides is 1. The summed E-state index contributed by atoms with van der Waals surface area (Å²) in [5.74, 6) is 1.12. The Morgan fingerprint density at radius 1 is 1.25 bits per heavy atom. The van der Waals surface area contributed by atoms with Gasteiger partial charge in [-0.1, -0.05) is 0 Å². The molecule has 1 aromatic carbocycles. The van der Waals surface area contributed by atoms with Crippen LogP contribution in [0, 0.1) is 5.92 Å². The zero-order valence-electron chi connectivity index (χ0n) is 11.6. The van der Waals surface area contributed by atoms with Gasteiger partial charge in [0.2, 0.25) is 10.0 Å². The first-order valence-electron chi connectivity index (χ1n) is 6.99. The summed E-state index contributed by atoms with van der Waals surface area (Å²) >= 11 is 0. The predicted molar refractivity (Wildman–Crippen MR) is 76.3 cm³/mol. The summed E-state index contributed by atoms with van der Waals surface area (Å²) in [5.41, 5.74) is 0. The molecule has 2 unspecified atom stereocenters. The Labute approximate surface area is 120 Å². The van der Waals surface area contributed by atoms with E-state index in [1.807, 2.05) is 0 Å². The van der Waals surface area contributed by atoms with Crippen LogP contribution in [0.4, 0.5) is 0 Å². The van der Waals surface area contributed by atoms with Crippen molar-refractivity contribution in [2.75, 3.05) is 26.7 Å². The van der Waals surface area contributed by atoms with Gasteiger partial charge in [0, 0.05) is 19.1 Å². The van der Waals surface area contributed by atoms with Crippen LogP contribution in [0.5, 0.6) is 5.75 Å². The lowest BCUT2D eigenvalue weighted by Gasteiger charge is -2.24. The van der Waals surface area contributed by atoms with E-state index in [0.29, 0.717) is 35.7 Å². The minimum Gasteiger partial charge on any atom is -0.497 e. The van der Waals surface area contributed by atoms with E-state index in [9.17, 15) is 8.42 Å². The van der Waals surface area contributed by atoms with Crippen LogP contribution >= 0.6 is 0 Å². The number of piperidine rings is 1. The number of ether oxygens (including phenoxy) is 1. The van der Waals surface area contributed by atoms with Crippen molar-refractivity contribution in [3.05, 3.63) is 24.3 Å². The maximum absolute atomic E-state index is 12.6. The molecule has 0 aliphatic carbocycles. The van der Waals surface area contributed by atoms with Crippen molar-refractivity contribution in [2.24, 2.45) is 5.92 Å². The third-order valence-electron chi connectivity index (χ3n) is 4.26. The lowest BCUT2D eigenvalue weighted by molar-refractivity contribution is 0.339. The van der Waals surface area contributed by atoms with E-state index in [-0.39, 0.29) is 0 Å². The summed E-state index contributed by atoms with van der Waals surface area (Å²) in [6.07, 6.45) is 2.25. The summed E-state index contributed by atoms with van der Waals surface area (Å²) in [6.45, 7) is 2.21. The Morgan fingerprint density at radius 2 is 2.00 bits per heavy atom. The van der Waals surface area contributed by atoms with E-state index < -0.39 is 10.0 Å². The maximum atomic E-state index is 12.6. The molecule has 3 rings (SSSR count). The number of hydrogen-bond acceptors (Lipinski definition) is 4. The summed E-state index contributed by atoms with van der Waals surface area (Å²) in [6, 6.07) is 6.92. The normalized spacial score (nSPS) is 27.2. The first-order valence-corrected chi connectivity index (χ1v) is 8.43. The molecule has 110 valence electrons. The van der Waals surface area contributed by atoms with E-state index in [1.54, 1.807) is 35.7 Å². The summed E-state index contributed by atoms with van der Waals surface area (Å²) in [5, 5.41) is 3.43. The Kier molecular flexibility index (Phi) is 3.70. The number of fused-ring (bicyclic) bond motifs is 1. The number of hydrogen-bond donors (Lipinski definition) is 1. The van der Waals surface area contributed by atoms with Crippen molar-refractivity contribution < 1.29 is 13.2 Å². The minimum absolute atomic E-state index is 0.316. The Bertz CT molecular complexity index is 557. The fourth-order valence-electron chi connectivity index (χ4n) is 3.10. The molecule has 0 aromatic heterocycles. The van der Waals surface area contributed by atoms with Crippen LogP contribution in [0.15, 0.2) is 29.2 Å². The zero-order chi connectivity index (χ0) is 14.2. The van der Waals surface area contributed by atoms with E-state index in [1.165, 1.54) is 0 Å². The zero-order valence-corrected chi connectivity index (χ0v) is 12.4. The Morgan fingerprint density at radius 3 is 2.65 bits per heavy atom. The molecule has 1 aromatic rings. The fourth-order valence-corrected chi connectivity index (χ4v) is 4.62. The SMILES string of the molecule is COc1ccc(S(=O)(=O)N2CC3CCCNC3C2)cc1. The number of nitrogens with one attached hydrogen (secondary N) is 1. The van der Waals surface area contributed by atoms with E-state index in [2.05, 4.69) is 5.32 Å². The molecule has 5 nitrogen and oxygen atoms in total. The fraction of sp³-hybridized carbons (Fsp3) is 0.571. The molecular weight excluding hydrogens is 276 g/mol. The molecule has 2 heterocycles. The molecule has 2 fully saturated rings. The first kappa shape index (κ1) is 13.9. The molecular formula is C14H20N2O3S. The minimum atomic E-state index is -3.38. The lowest BCUT2D eigenvalue weighted by atomic mass is 9.94. The van der Waals surface area contributed by atoms with Gasteiger partial charge < -0.3 is 10.1 Å². The van der Waals surface area contributed by atoms with Crippen LogP contribution in [-0.2, 0) is 10.0 Å². The van der Waals surface area contributed by atoms with Crippen LogP contribution in [0.3, 0.4) is 0 Å². The maximum Gasteiger partial charge on any atom is 0.243 e. The summed E-state index contributed by atoms with van der Waals surface area (Å²) < 4.78 is 31.9. The number of nitrogens with zero attached hydrogens (tertiary/aromatic N) is 1. The van der Waals surface area contributed by atoms with Crippen molar-refractivity contribution in [1.29, 1.82) is 0 Å². The molecule has 0 bridgehead atoms. The van der Waals surface area contributed by atoms with Gasteiger partial charge in [0.25, 0.3) is 0 Å².